The molecule has 0 aliphatic carbocycles. The zero-order valence-corrected chi connectivity index (χ0v) is 23.7. The van der Waals surface area contributed by atoms with Crippen molar-refractivity contribution in [1.29, 1.82) is 5.26 Å². The van der Waals surface area contributed by atoms with E-state index in [1.165, 1.54) is 6.07 Å². The van der Waals surface area contributed by atoms with E-state index >= 15 is 0 Å². The van der Waals surface area contributed by atoms with Crippen LogP contribution in [-0.2, 0) is 24.2 Å². The number of nitriles is 1. The predicted octanol–water partition coefficient (Wildman–Crippen LogP) is 4.92. The number of nitrogens with zero attached hydrogens (tertiary/aromatic N) is 5. The van der Waals surface area contributed by atoms with Gasteiger partial charge in [-0.1, -0.05) is 12.1 Å². The van der Waals surface area contributed by atoms with Gasteiger partial charge in [-0.2, -0.15) is 5.26 Å². The van der Waals surface area contributed by atoms with Gasteiger partial charge in [0.05, 0.1) is 47.4 Å². The fraction of sp³-hybridized carbons (Fsp3) is 0.364. The third kappa shape index (κ3) is 5.31. The molecule has 3 aliphatic heterocycles. The van der Waals surface area contributed by atoms with Crippen molar-refractivity contribution in [2.24, 2.45) is 0 Å². The molecule has 1 aromatic heterocycles. The number of hydrogen-bond donors (Lipinski definition) is 1. The number of aromatic carboxylic acids is 1. The SMILES string of the molecule is N#Cc1ccc([C@@H]2CCc3c(cccc3N3CCN(Cc4nc5ccc(C(=O)O)cc5n4CC4CCO4)CC3)O2)c(F)c1. The third-order valence-corrected chi connectivity index (χ3v) is 8.84. The molecule has 220 valence electrons. The predicted molar refractivity (Wildman–Crippen MR) is 158 cm³/mol. The number of anilines is 1. The quantitative estimate of drug-likeness (QED) is 0.328. The number of hydrogen-bond acceptors (Lipinski definition) is 7. The minimum absolute atomic E-state index is 0.126. The number of imidazole rings is 1. The molecule has 4 heterocycles. The van der Waals surface area contributed by atoms with Crippen LogP contribution in [0.4, 0.5) is 10.1 Å². The molecule has 1 unspecified atom stereocenters. The Balaban J connectivity index is 1.05. The van der Waals surface area contributed by atoms with Crippen LogP contribution >= 0.6 is 0 Å². The van der Waals surface area contributed by atoms with Crippen molar-refractivity contribution in [2.75, 3.05) is 37.7 Å². The number of halogens is 1. The fourth-order valence-electron chi connectivity index (χ4n) is 6.39. The van der Waals surface area contributed by atoms with Gasteiger partial charge in [0.2, 0.25) is 0 Å². The largest absolute Gasteiger partial charge is 0.485 e. The second kappa shape index (κ2) is 11.3. The first kappa shape index (κ1) is 27.4. The molecule has 7 rings (SSSR count). The van der Waals surface area contributed by atoms with Gasteiger partial charge in [-0.15, -0.1) is 0 Å². The number of carbonyl (C=O) groups is 1. The second-order valence-corrected chi connectivity index (χ2v) is 11.4. The lowest BCUT2D eigenvalue weighted by atomic mass is 9.95. The Morgan fingerprint density at radius 3 is 2.65 bits per heavy atom. The van der Waals surface area contributed by atoms with Crippen LogP contribution in [0.25, 0.3) is 11.0 Å². The minimum atomic E-state index is -0.947. The molecule has 0 saturated carbocycles. The maximum atomic E-state index is 14.7. The van der Waals surface area contributed by atoms with Crippen molar-refractivity contribution in [1.82, 2.24) is 14.5 Å². The number of carboxylic acids is 1. The number of fused-ring (bicyclic) bond motifs is 2. The Hall–Kier alpha value is -4.46. The van der Waals surface area contributed by atoms with Gasteiger partial charge in [0, 0.05) is 49.6 Å². The number of piperazine rings is 1. The molecule has 43 heavy (non-hydrogen) atoms. The van der Waals surface area contributed by atoms with Crippen LogP contribution in [-0.4, -0.2) is 64.4 Å². The summed E-state index contributed by atoms with van der Waals surface area (Å²) in [6.07, 6.45) is 2.17. The van der Waals surface area contributed by atoms with E-state index in [4.69, 9.17) is 19.7 Å². The van der Waals surface area contributed by atoms with Gasteiger partial charge in [0.15, 0.2) is 0 Å². The van der Waals surface area contributed by atoms with Gasteiger partial charge in [-0.3, -0.25) is 4.90 Å². The van der Waals surface area contributed by atoms with Gasteiger partial charge >= 0.3 is 5.97 Å². The topological polar surface area (TPSA) is 104 Å². The van der Waals surface area contributed by atoms with Crippen LogP contribution in [0.2, 0.25) is 0 Å². The molecule has 0 spiro atoms. The highest BCUT2D eigenvalue weighted by molar-refractivity contribution is 5.92. The molecular weight excluding hydrogens is 549 g/mol. The van der Waals surface area contributed by atoms with E-state index in [0.29, 0.717) is 30.6 Å². The maximum Gasteiger partial charge on any atom is 0.335 e. The molecule has 0 radical (unpaired) electrons. The fourth-order valence-corrected chi connectivity index (χ4v) is 6.39. The summed E-state index contributed by atoms with van der Waals surface area (Å²) in [6.45, 7) is 5.50. The second-order valence-electron chi connectivity index (χ2n) is 11.4. The summed E-state index contributed by atoms with van der Waals surface area (Å²) < 4.78 is 28.8. The Bertz CT molecular complexity index is 1740. The van der Waals surface area contributed by atoms with E-state index in [9.17, 15) is 14.3 Å². The molecule has 2 fully saturated rings. The highest BCUT2D eigenvalue weighted by Crippen LogP contribution is 2.40. The maximum absolute atomic E-state index is 14.7. The molecular formula is C33H32FN5O4. The van der Waals surface area contributed by atoms with Crippen LogP contribution in [0.3, 0.4) is 0 Å². The molecule has 4 aromatic rings. The average Bonchev–Trinajstić information content (AvgIpc) is 3.34. The van der Waals surface area contributed by atoms with E-state index in [0.717, 1.165) is 79.5 Å². The molecule has 10 heteroatoms. The number of rotatable bonds is 7. The lowest BCUT2D eigenvalue weighted by Crippen LogP contribution is -2.46. The summed E-state index contributed by atoms with van der Waals surface area (Å²) >= 11 is 0. The molecule has 3 aromatic carbocycles. The van der Waals surface area contributed by atoms with Crippen molar-refractivity contribution in [2.45, 2.75) is 44.6 Å². The summed E-state index contributed by atoms with van der Waals surface area (Å²) in [6, 6.07) is 17.7. The number of benzene rings is 3. The van der Waals surface area contributed by atoms with Crippen LogP contribution < -0.4 is 9.64 Å². The van der Waals surface area contributed by atoms with Crippen molar-refractivity contribution in [3.63, 3.8) is 0 Å². The highest BCUT2D eigenvalue weighted by Gasteiger charge is 2.29. The van der Waals surface area contributed by atoms with Crippen LogP contribution in [0.1, 0.15) is 51.8 Å². The first-order chi connectivity index (χ1) is 21.0. The van der Waals surface area contributed by atoms with Gasteiger partial charge in [-0.25, -0.2) is 14.2 Å². The van der Waals surface area contributed by atoms with E-state index in [2.05, 4.69) is 20.4 Å². The molecule has 2 atom stereocenters. The van der Waals surface area contributed by atoms with Gasteiger partial charge in [0.1, 0.15) is 23.5 Å². The number of carboxylic acid groups (broad SMARTS) is 1. The lowest BCUT2D eigenvalue weighted by molar-refractivity contribution is -0.0592. The Morgan fingerprint density at radius 2 is 1.93 bits per heavy atom. The monoisotopic (exact) mass is 581 g/mol. The molecule has 9 nitrogen and oxygen atoms in total. The first-order valence-corrected chi connectivity index (χ1v) is 14.8. The Kier molecular flexibility index (Phi) is 7.21. The molecule has 0 bridgehead atoms. The lowest BCUT2D eigenvalue weighted by Gasteiger charge is -2.38. The smallest absolute Gasteiger partial charge is 0.335 e. The summed E-state index contributed by atoms with van der Waals surface area (Å²) in [4.78, 5) is 21.3. The standard InChI is InChI=1S/C33H32FN5O4/c34-26-16-21(18-35)4-6-24(26)31-9-7-25-28(2-1-3-30(25)43-31)38-13-11-37(12-14-38)20-32-36-27-8-5-22(33(40)41)17-29(27)39(32)19-23-10-15-42-23/h1-6,8,16-17,23,31H,7,9-15,19-20H2,(H,40,41)/t23?,31-/m0/s1. The summed E-state index contributed by atoms with van der Waals surface area (Å²) in [5, 5.41) is 18.6. The third-order valence-electron chi connectivity index (χ3n) is 8.84. The summed E-state index contributed by atoms with van der Waals surface area (Å²) in [5.41, 5.74) is 4.98. The molecule has 0 amide bonds. The van der Waals surface area contributed by atoms with E-state index in [-0.39, 0.29) is 17.8 Å². The van der Waals surface area contributed by atoms with Crippen LogP contribution in [0.5, 0.6) is 5.75 Å². The zero-order valence-electron chi connectivity index (χ0n) is 23.7. The molecule has 2 saturated heterocycles. The Morgan fingerprint density at radius 1 is 1.09 bits per heavy atom. The number of ether oxygens (including phenoxy) is 2. The van der Waals surface area contributed by atoms with Crippen LogP contribution in [0.15, 0.2) is 54.6 Å². The molecule has 1 N–H and O–H groups in total. The van der Waals surface area contributed by atoms with E-state index < -0.39 is 11.8 Å². The van der Waals surface area contributed by atoms with E-state index in [1.54, 1.807) is 30.3 Å². The Labute approximate surface area is 248 Å². The normalized spacial score (nSPS) is 20.2. The van der Waals surface area contributed by atoms with E-state index in [1.807, 2.05) is 18.2 Å². The van der Waals surface area contributed by atoms with Crippen molar-refractivity contribution >= 4 is 22.7 Å². The van der Waals surface area contributed by atoms with Crippen molar-refractivity contribution in [3.8, 4) is 11.8 Å². The summed E-state index contributed by atoms with van der Waals surface area (Å²) in [5.74, 6) is 0.356. The number of aromatic nitrogens is 2. The summed E-state index contributed by atoms with van der Waals surface area (Å²) in [7, 11) is 0. The van der Waals surface area contributed by atoms with Gasteiger partial charge < -0.3 is 24.0 Å². The molecule has 3 aliphatic rings. The first-order valence-electron chi connectivity index (χ1n) is 14.8. The average molecular weight is 582 g/mol. The highest BCUT2D eigenvalue weighted by atomic mass is 19.1. The van der Waals surface area contributed by atoms with Crippen LogP contribution in [0, 0.1) is 17.1 Å². The van der Waals surface area contributed by atoms with Crippen molar-refractivity contribution in [3.05, 3.63) is 88.5 Å². The minimum Gasteiger partial charge on any atom is -0.485 e. The van der Waals surface area contributed by atoms with Crippen molar-refractivity contribution < 1.29 is 23.8 Å². The van der Waals surface area contributed by atoms with Gasteiger partial charge in [-0.05, 0) is 61.7 Å². The zero-order chi connectivity index (χ0) is 29.5. The van der Waals surface area contributed by atoms with Gasteiger partial charge in [0.25, 0.3) is 0 Å².